The third kappa shape index (κ3) is 2.61. The van der Waals surface area contributed by atoms with E-state index in [0.717, 1.165) is 0 Å². The van der Waals surface area contributed by atoms with E-state index >= 15 is 0 Å². The van der Waals surface area contributed by atoms with E-state index in [1.54, 1.807) is 0 Å². The van der Waals surface area contributed by atoms with Crippen molar-refractivity contribution in [1.29, 1.82) is 0 Å². The summed E-state index contributed by atoms with van der Waals surface area (Å²) in [6.07, 6.45) is 4.98. The van der Waals surface area contributed by atoms with Gasteiger partial charge in [0.2, 0.25) is 0 Å². The fourth-order valence-electron chi connectivity index (χ4n) is 1.98. The highest BCUT2D eigenvalue weighted by atomic mass is 32.2. The van der Waals surface area contributed by atoms with Crippen molar-refractivity contribution in [2.75, 3.05) is 32.4 Å². The van der Waals surface area contributed by atoms with Crippen molar-refractivity contribution in [3.05, 3.63) is 0 Å². The summed E-state index contributed by atoms with van der Waals surface area (Å²) >= 11 is 1.89. The lowest BCUT2D eigenvalue weighted by Gasteiger charge is -2.47. The molecule has 2 rings (SSSR count). The van der Waals surface area contributed by atoms with Gasteiger partial charge in [-0.15, -0.1) is 0 Å². The fraction of sp³-hybridized carbons (Fsp3) is 1.00. The molecule has 2 aliphatic heterocycles. The Morgan fingerprint density at radius 2 is 1.69 bits per heavy atom. The summed E-state index contributed by atoms with van der Waals surface area (Å²) in [6, 6.07) is 0. The van der Waals surface area contributed by atoms with Gasteiger partial charge in [0, 0.05) is 26.2 Å². The maximum Gasteiger partial charge on any atom is 0.00954 e. The van der Waals surface area contributed by atoms with Crippen LogP contribution in [0.4, 0.5) is 0 Å². The highest BCUT2D eigenvalue weighted by Gasteiger charge is 2.39. The third-order valence-corrected chi connectivity index (χ3v) is 3.92. The Morgan fingerprint density at radius 1 is 1.15 bits per heavy atom. The first-order valence-corrected chi connectivity index (χ1v) is 6.53. The van der Waals surface area contributed by atoms with Crippen molar-refractivity contribution < 1.29 is 0 Å². The molecule has 2 heterocycles. The predicted octanol–water partition coefficient (Wildman–Crippen LogP) is 1.98. The minimum Gasteiger partial charge on any atom is -0.316 e. The number of piperidine rings is 1. The summed E-state index contributed by atoms with van der Waals surface area (Å²) in [5.41, 5.74) is 0.715. The van der Waals surface area contributed by atoms with E-state index in [9.17, 15) is 0 Å². The molecule has 2 saturated heterocycles. The topological polar surface area (TPSA) is 15.3 Å². The summed E-state index contributed by atoms with van der Waals surface area (Å²) in [5, 5.41) is 3.38. The van der Waals surface area contributed by atoms with Gasteiger partial charge < -0.3 is 5.32 Å². The Bertz CT molecular complexity index is 136. The van der Waals surface area contributed by atoms with Gasteiger partial charge in [-0.25, -0.2) is 0 Å². The van der Waals surface area contributed by atoms with Gasteiger partial charge in [0.05, 0.1) is 0 Å². The van der Waals surface area contributed by atoms with Crippen LogP contribution in [-0.2, 0) is 0 Å². The van der Waals surface area contributed by atoms with Crippen LogP contribution in [0.1, 0.15) is 26.7 Å². The molecule has 3 heteroatoms. The van der Waals surface area contributed by atoms with E-state index in [1.165, 1.54) is 39.0 Å². The molecular formula is C10H22N2S. The highest BCUT2D eigenvalue weighted by Crippen LogP contribution is 2.36. The molecular weight excluding hydrogens is 180 g/mol. The van der Waals surface area contributed by atoms with Crippen molar-refractivity contribution >= 4 is 11.9 Å². The second-order valence-electron chi connectivity index (χ2n) is 3.72. The smallest absolute Gasteiger partial charge is 0.00954 e. The summed E-state index contributed by atoms with van der Waals surface area (Å²) in [5.74, 6) is 0. The average Bonchev–Trinajstić information content (AvgIpc) is 2.19. The Labute approximate surface area is 86.6 Å². The SMILES string of the molecule is CC.CSN1CCC2(CC1)CNC2. The molecule has 0 bridgehead atoms. The zero-order valence-corrected chi connectivity index (χ0v) is 9.91. The van der Waals surface area contributed by atoms with Crippen LogP contribution in [0.3, 0.4) is 0 Å². The van der Waals surface area contributed by atoms with E-state index in [0.29, 0.717) is 5.41 Å². The minimum atomic E-state index is 0.715. The quantitative estimate of drug-likeness (QED) is 0.655. The highest BCUT2D eigenvalue weighted by molar-refractivity contribution is 7.96. The molecule has 1 spiro atoms. The molecule has 1 N–H and O–H groups in total. The largest absolute Gasteiger partial charge is 0.316 e. The van der Waals surface area contributed by atoms with Crippen LogP contribution in [0.15, 0.2) is 0 Å². The number of rotatable bonds is 1. The van der Waals surface area contributed by atoms with Gasteiger partial charge in [0.15, 0.2) is 0 Å². The summed E-state index contributed by atoms with van der Waals surface area (Å²) in [4.78, 5) is 0. The maximum atomic E-state index is 3.38. The molecule has 0 aliphatic carbocycles. The average molecular weight is 202 g/mol. The molecule has 0 aromatic heterocycles. The Hall–Kier alpha value is 0.270. The normalized spacial score (nSPS) is 26.1. The van der Waals surface area contributed by atoms with E-state index in [1.807, 2.05) is 25.8 Å². The molecule has 0 atom stereocenters. The van der Waals surface area contributed by atoms with Crippen molar-refractivity contribution in [2.24, 2.45) is 5.41 Å². The molecule has 0 aromatic rings. The zero-order chi connectivity index (χ0) is 9.73. The first-order valence-electron chi connectivity index (χ1n) is 5.34. The molecule has 0 unspecified atom stereocenters. The molecule has 2 fully saturated rings. The van der Waals surface area contributed by atoms with Crippen LogP contribution in [0.2, 0.25) is 0 Å². The summed E-state index contributed by atoms with van der Waals surface area (Å²) in [6.45, 7) is 9.14. The van der Waals surface area contributed by atoms with Crippen molar-refractivity contribution in [3.63, 3.8) is 0 Å². The Kier molecular flexibility index (Phi) is 4.56. The number of hydrogen-bond donors (Lipinski definition) is 1. The van der Waals surface area contributed by atoms with E-state index in [2.05, 4.69) is 15.9 Å². The Balaban J connectivity index is 0.000000396. The summed E-state index contributed by atoms with van der Waals surface area (Å²) in [7, 11) is 0. The first kappa shape index (κ1) is 11.3. The third-order valence-electron chi connectivity index (χ3n) is 3.04. The second-order valence-corrected chi connectivity index (χ2v) is 4.60. The van der Waals surface area contributed by atoms with Crippen LogP contribution >= 0.6 is 11.9 Å². The van der Waals surface area contributed by atoms with Crippen LogP contribution in [-0.4, -0.2) is 36.7 Å². The second kappa shape index (κ2) is 5.23. The monoisotopic (exact) mass is 202 g/mol. The fourth-order valence-corrected chi connectivity index (χ4v) is 2.52. The molecule has 13 heavy (non-hydrogen) atoms. The molecule has 0 radical (unpaired) electrons. The molecule has 0 aromatic carbocycles. The number of nitrogens with zero attached hydrogens (tertiary/aromatic N) is 1. The number of hydrogen-bond acceptors (Lipinski definition) is 3. The first-order chi connectivity index (χ1) is 6.35. The molecule has 0 saturated carbocycles. The van der Waals surface area contributed by atoms with Crippen molar-refractivity contribution in [1.82, 2.24) is 9.62 Å². The minimum absolute atomic E-state index is 0.715. The van der Waals surface area contributed by atoms with Gasteiger partial charge in [-0.1, -0.05) is 25.8 Å². The van der Waals surface area contributed by atoms with Crippen molar-refractivity contribution in [3.8, 4) is 0 Å². The maximum absolute atomic E-state index is 3.38. The van der Waals surface area contributed by atoms with Gasteiger partial charge >= 0.3 is 0 Å². The van der Waals surface area contributed by atoms with Crippen LogP contribution in [0.25, 0.3) is 0 Å². The van der Waals surface area contributed by atoms with Gasteiger partial charge in [0.25, 0.3) is 0 Å². The lowest BCUT2D eigenvalue weighted by molar-refractivity contribution is 0.0908. The van der Waals surface area contributed by atoms with Crippen LogP contribution < -0.4 is 5.32 Å². The van der Waals surface area contributed by atoms with Gasteiger partial charge in [-0.3, -0.25) is 4.31 Å². The van der Waals surface area contributed by atoms with Gasteiger partial charge in [0.1, 0.15) is 0 Å². The summed E-state index contributed by atoms with van der Waals surface area (Å²) < 4.78 is 2.48. The van der Waals surface area contributed by atoms with Gasteiger partial charge in [-0.2, -0.15) is 0 Å². The van der Waals surface area contributed by atoms with E-state index in [4.69, 9.17) is 0 Å². The molecule has 2 nitrogen and oxygen atoms in total. The van der Waals surface area contributed by atoms with E-state index < -0.39 is 0 Å². The standard InChI is InChI=1S/C8H16N2S.C2H6/c1-11-10-4-2-8(3-5-10)6-9-7-8;1-2/h9H,2-7H2,1H3;1-2H3. The zero-order valence-electron chi connectivity index (χ0n) is 9.10. The lowest BCUT2D eigenvalue weighted by atomic mass is 9.74. The van der Waals surface area contributed by atoms with Gasteiger partial charge in [-0.05, 0) is 24.5 Å². The molecule has 0 amide bonds. The Morgan fingerprint density at radius 3 is 2.00 bits per heavy atom. The van der Waals surface area contributed by atoms with Crippen LogP contribution in [0, 0.1) is 5.41 Å². The van der Waals surface area contributed by atoms with E-state index in [-0.39, 0.29) is 0 Å². The lowest BCUT2D eigenvalue weighted by Crippen LogP contribution is -2.57. The van der Waals surface area contributed by atoms with Crippen LogP contribution in [0.5, 0.6) is 0 Å². The predicted molar refractivity (Wildman–Crippen MR) is 61.0 cm³/mol. The molecule has 78 valence electrons. The molecule has 2 aliphatic rings. The number of nitrogens with one attached hydrogen (secondary N) is 1. The van der Waals surface area contributed by atoms with Crippen molar-refractivity contribution in [2.45, 2.75) is 26.7 Å².